The van der Waals surface area contributed by atoms with Gasteiger partial charge in [0.25, 0.3) is 5.89 Å². The molecule has 0 aliphatic rings. The molecule has 0 atom stereocenters. The van der Waals surface area contributed by atoms with E-state index in [1.807, 2.05) is 19.1 Å². The van der Waals surface area contributed by atoms with Crippen LogP contribution in [0.5, 0.6) is 5.75 Å². The fourth-order valence-electron chi connectivity index (χ4n) is 1.50. The van der Waals surface area contributed by atoms with Crippen LogP contribution < -0.4 is 4.74 Å². The number of nitrogens with zero attached hydrogens (tertiary/aromatic N) is 2. The van der Waals surface area contributed by atoms with Gasteiger partial charge in [0.15, 0.2) is 12.4 Å². The van der Waals surface area contributed by atoms with E-state index in [4.69, 9.17) is 9.26 Å². The zero-order valence-corrected chi connectivity index (χ0v) is 9.65. The molecule has 0 saturated heterocycles. The van der Waals surface area contributed by atoms with Crippen molar-refractivity contribution in [2.45, 2.75) is 27.4 Å². The van der Waals surface area contributed by atoms with E-state index in [9.17, 15) is 0 Å². The fraction of sp³-hybridized carbons (Fsp3) is 0.333. The van der Waals surface area contributed by atoms with Crippen LogP contribution >= 0.6 is 0 Å². The molecule has 84 valence electrons. The third-order valence-electron chi connectivity index (χ3n) is 2.25. The number of benzene rings is 1. The topological polar surface area (TPSA) is 48.2 Å². The highest BCUT2D eigenvalue weighted by atomic mass is 16.5. The van der Waals surface area contributed by atoms with E-state index in [1.165, 1.54) is 5.56 Å². The lowest BCUT2D eigenvalue weighted by Gasteiger charge is -2.07. The molecule has 0 saturated carbocycles. The molecule has 1 aromatic carbocycles. The highest BCUT2D eigenvalue weighted by molar-refractivity contribution is 5.35. The predicted molar refractivity (Wildman–Crippen MR) is 59.3 cm³/mol. The molecule has 0 N–H and O–H groups in total. The third-order valence-corrected chi connectivity index (χ3v) is 2.25. The highest BCUT2D eigenvalue weighted by Gasteiger charge is 2.05. The molecule has 0 amide bonds. The lowest BCUT2D eigenvalue weighted by atomic mass is 10.1. The van der Waals surface area contributed by atoms with Crippen molar-refractivity contribution in [2.24, 2.45) is 0 Å². The molecule has 1 heterocycles. The van der Waals surface area contributed by atoms with E-state index in [-0.39, 0.29) is 0 Å². The zero-order valence-electron chi connectivity index (χ0n) is 9.65. The number of rotatable bonds is 3. The van der Waals surface area contributed by atoms with Gasteiger partial charge in [-0.2, -0.15) is 4.98 Å². The molecule has 0 bridgehead atoms. The molecule has 16 heavy (non-hydrogen) atoms. The minimum Gasteiger partial charge on any atom is -0.483 e. The van der Waals surface area contributed by atoms with Crippen LogP contribution in [0.2, 0.25) is 0 Å². The molecule has 1 aromatic heterocycles. The van der Waals surface area contributed by atoms with E-state index in [0.29, 0.717) is 18.3 Å². The van der Waals surface area contributed by atoms with Crippen molar-refractivity contribution in [2.75, 3.05) is 0 Å². The summed E-state index contributed by atoms with van der Waals surface area (Å²) in [5.41, 5.74) is 2.33. The van der Waals surface area contributed by atoms with Crippen LogP contribution in [0.25, 0.3) is 0 Å². The van der Waals surface area contributed by atoms with E-state index in [0.717, 1.165) is 11.3 Å². The average molecular weight is 218 g/mol. The number of hydrogen-bond acceptors (Lipinski definition) is 4. The van der Waals surface area contributed by atoms with E-state index < -0.39 is 0 Å². The lowest BCUT2D eigenvalue weighted by molar-refractivity contribution is 0.241. The van der Waals surface area contributed by atoms with E-state index in [1.54, 1.807) is 6.92 Å². The first-order chi connectivity index (χ1) is 7.65. The molecule has 4 heteroatoms. The Hall–Kier alpha value is -1.84. The molecule has 0 spiro atoms. The second-order valence-corrected chi connectivity index (χ2v) is 3.79. The van der Waals surface area contributed by atoms with Crippen molar-refractivity contribution >= 4 is 0 Å². The Bertz CT molecular complexity index is 492. The Labute approximate surface area is 94.2 Å². The van der Waals surface area contributed by atoms with Crippen LogP contribution in [-0.4, -0.2) is 10.1 Å². The summed E-state index contributed by atoms with van der Waals surface area (Å²) < 4.78 is 10.6. The Morgan fingerprint density at radius 3 is 2.69 bits per heavy atom. The van der Waals surface area contributed by atoms with Crippen LogP contribution in [-0.2, 0) is 6.61 Å². The van der Waals surface area contributed by atoms with E-state index >= 15 is 0 Å². The van der Waals surface area contributed by atoms with Crippen LogP contribution in [0.3, 0.4) is 0 Å². The van der Waals surface area contributed by atoms with Gasteiger partial charge in [0.1, 0.15) is 5.75 Å². The van der Waals surface area contributed by atoms with Gasteiger partial charge in [0.2, 0.25) is 0 Å². The second-order valence-electron chi connectivity index (χ2n) is 3.79. The molecule has 0 aliphatic carbocycles. The van der Waals surface area contributed by atoms with Crippen molar-refractivity contribution in [3.05, 3.63) is 41.0 Å². The molecule has 2 aromatic rings. The summed E-state index contributed by atoms with van der Waals surface area (Å²) in [6, 6.07) is 6.05. The molecular formula is C12H14N2O2. The first-order valence-electron chi connectivity index (χ1n) is 5.14. The normalized spacial score (nSPS) is 10.4. The zero-order chi connectivity index (χ0) is 11.5. The summed E-state index contributed by atoms with van der Waals surface area (Å²) in [6.45, 7) is 6.16. The Balaban J connectivity index is 2.04. The number of ether oxygens (including phenoxy) is 1. The Kier molecular flexibility index (Phi) is 2.90. The molecule has 0 radical (unpaired) electrons. The summed E-state index contributed by atoms with van der Waals surface area (Å²) >= 11 is 0. The quantitative estimate of drug-likeness (QED) is 0.794. The maximum atomic E-state index is 5.59. The van der Waals surface area contributed by atoms with Gasteiger partial charge < -0.3 is 9.26 Å². The SMILES string of the molecule is Cc1ccc(OCc2nc(C)no2)c(C)c1. The fourth-order valence-corrected chi connectivity index (χ4v) is 1.50. The minimum atomic E-state index is 0.310. The molecule has 0 fully saturated rings. The molecule has 2 rings (SSSR count). The van der Waals surface area contributed by atoms with Gasteiger partial charge >= 0.3 is 0 Å². The molecule has 0 aliphatic heterocycles. The van der Waals surface area contributed by atoms with Crippen LogP contribution in [0.4, 0.5) is 0 Å². The van der Waals surface area contributed by atoms with Crippen molar-refractivity contribution in [3.8, 4) is 5.75 Å². The van der Waals surface area contributed by atoms with Gasteiger partial charge in [0, 0.05) is 0 Å². The van der Waals surface area contributed by atoms with Gasteiger partial charge in [-0.25, -0.2) is 0 Å². The summed E-state index contributed by atoms with van der Waals surface area (Å²) in [7, 11) is 0. The predicted octanol–water partition coefficient (Wildman–Crippen LogP) is 2.57. The van der Waals surface area contributed by atoms with Crippen molar-refractivity contribution in [1.82, 2.24) is 10.1 Å². The Morgan fingerprint density at radius 1 is 1.25 bits per heavy atom. The summed E-state index contributed by atoms with van der Waals surface area (Å²) in [5.74, 6) is 1.97. The maximum Gasteiger partial charge on any atom is 0.264 e. The van der Waals surface area contributed by atoms with Gasteiger partial charge in [-0.15, -0.1) is 0 Å². The number of aryl methyl sites for hydroxylation is 3. The van der Waals surface area contributed by atoms with Gasteiger partial charge in [0.05, 0.1) is 0 Å². The molecular weight excluding hydrogens is 204 g/mol. The number of aromatic nitrogens is 2. The highest BCUT2D eigenvalue weighted by Crippen LogP contribution is 2.19. The summed E-state index contributed by atoms with van der Waals surface area (Å²) in [6.07, 6.45) is 0. The van der Waals surface area contributed by atoms with Gasteiger partial charge in [-0.3, -0.25) is 0 Å². The smallest absolute Gasteiger partial charge is 0.264 e. The third kappa shape index (κ3) is 2.39. The second kappa shape index (κ2) is 4.35. The lowest BCUT2D eigenvalue weighted by Crippen LogP contribution is -1.97. The number of hydrogen-bond donors (Lipinski definition) is 0. The molecule has 4 nitrogen and oxygen atoms in total. The first kappa shape index (κ1) is 10.7. The Morgan fingerprint density at radius 2 is 2.06 bits per heavy atom. The maximum absolute atomic E-state index is 5.59. The largest absolute Gasteiger partial charge is 0.483 e. The minimum absolute atomic E-state index is 0.310. The van der Waals surface area contributed by atoms with Crippen molar-refractivity contribution in [3.63, 3.8) is 0 Å². The van der Waals surface area contributed by atoms with E-state index in [2.05, 4.69) is 23.1 Å². The van der Waals surface area contributed by atoms with Gasteiger partial charge in [-0.1, -0.05) is 22.9 Å². The van der Waals surface area contributed by atoms with Gasteiger partial charge in [-0.05, 0) is 32.4 Å². The van der Waals surface area contributed by atoms with Crippen LogP contribution in [0, 0.1) is 20.8 Å². The van der Waals surface area contributed by atoms with Crippen molar-refractivity contribution in [1.29, 1.82) is 0 Å². The standard InChI is InChI=1S/C12H14N2O2/c1-8-4-5-11(9(2)6-8)15-7-12-13-10(3)14-16-12/h4-6H,7H2,1-3H3. The summed E-state index contributed by atoms with van der Waals surface area (Å²) in [5, 5.41) is 3.70. The summed E-state index contributed by atoms with van der Waals surface area (Å²) in [4.78, 5) is 4.07. The van der Waals surface area contributed by atoms with Crippen molar-refractivity contribution < 1.29 is 9.26 Å². The molecule has 0 unspecified atom stereocenters. The van der Waals surface area contributed by atoms with Crippen LogP contribution in [0.1, 0.15) is 22.8 Å². The monoisotopic (exact) mass is 218 g/mol. The first-order valence-corrected chi connectivity index (χ1v) is 5.14. The average Bonchev–Trinajstić information content (AvgIpc) is 2.63. The van der Waals surface area contributed by atoms with Crippen LogP contribution in [0.15, 0.2) is 22.7 Å².